The summed E-state index contributed by atoms with van der Waals surface area (Å²) in [6.45, 7) is 0. The Kier molecular flexibility index (Phi) is 9.89. The van der Waals surface area contributed by atoms with E-state index in [1.807, 2.05) is 0 Å². The minimum Gasteiger partial charge on any atom is -0.453 e. The minimum atomic E-state index is -4.00. The minimum absolute atomic E-state index is 0. The maximum atomic E-state index is 10.4. The summed E-state index contributed by atoms with van der Waals surface area (Å²) < 4.78 is 59.7. The van der Waals surface area contributed by atoms with Crippen molar-refractivity contribution in [3.63, 3.8) is 0 Å². The topological polar surface area (TPSA) is 54.4 Å². The van der Waals surface area contributed by atoms with Crippen molar-refractivity contribution in [3.05, 3.63) is 42.7 Å². The first kappa shape index (κ1) is 18.0. The van der Waals surface area contributed by atoms with Gasteiger partial charge in [0, 0.05) is 0 Å². The molecule has 16 heavy (non-hydrogen) atoms. The number of hydrogen-bond acceptors (Lipinski definition) is 2. The fourth-order valence-corrected chi connectivity index (χ4v) is 1.09. The molecular weight excluding hydrogens is 256 g/mol. The Hall–Kier alpha value is -0.340. The van der Waals surface area contributed by atoms with Crippen LogP contribution in [0.3, 0.4) is 0 Å². The van der Waals surface area contributed by atoms with E-state index >= 15 is 0 Å². The third-order valence-electron chi connectivity index (χ3n) is 1.11. The molecule has 0 atom stereocenters. The first-order valence-electron chi connectivity index (χ1n) is 3.45. The second kappa shape index (κ2) is 8.77. The van der Waals surface area contributed by atoms with Gasteiger partial charge in [0.2, 0.25) is 0 Å². The Labute approximate surface area is 113 Å². The molecule has 0 heterocycles. The van der Waals surface area contributed by atoms with Crippen molar-refractivity contribution in [2.45, 2.75) is 4.90 Å². The molecule has 0 aliphatic heterocycles. The van der Waals surface area contributed by atoms with Gasteiger partial charge in [0.25, 0.3) is 10.1 Å². The van der Waals surface area contributed by atoms with Gasteiger partial charge in [-0.1, -0.05) is 18.2 Å². The Morgan fingerprint density at radius 3 is 1.75 bits per heavy atom. The van der Waals surface area contributed by atoms with E-state index in [2.05, 4.69) is 0 Å². The molecule has 8 heteroatoms. The zero-order valence-electron chi connectivity index (χ0n) is 8.19. The van der Waals surface area contributed by atoms with Crippen LogP contribution in [0.5, 0.6) is 0 Å². The van der Waals surface area contributed by atoms with Crippen molar-refractivity contribution in [3.8, 4) is 0 Å². The average Bonchev–Trinajstić information content (AvgIpc) is 2.19. The molecule has 1 N–H and O–H groups in total. The zero-order valence-corrected chi connectivity index (χ0v) is 11.0. The summed E-state index contributed by atoms with van der Waals surface area (Å²) in [7, 11) is -4.00. The van der Waals surface area contributed by atoms with E-state index < -0.39 is 16.2 Å². The smallest absolute Gasteiger partial charge is 0.453 e. The van der Waals surface area contributed by atoms with Gasteiger partial charge in [-0.2, -0.15) is 8.42 Å². The van der Waals surface area contributed by atoms with Gasteiger partial charge in [0.05, 0.1) is 4.90 Å². The molecule has 0 fully saturated rings. The molecule has 0 unspecified atom stereocenters. The van der Waals surface area contributed by atoms with E-state index in [-0.39, 0.29) is 40.8 Å². The monoisotopic (exact) mass is 262 g/mol. The van der Waals surface area contributed by atoms with Gasteiger partial charge in [-0.3, -0.25) is 4.55 Å². The molecule has 0 radical (unpaired) electrons. The van der Waals surface area contributed by atoms with E-state index in [4.69, 9.17) is 4.55 Å². The van der Waals surface area contributed by atoms with Gasteiger partial charge in [0.1, 0.15) is 6.08 Å². The molecule has 3 nitrogen and oxygen atoms in total. The molecule has 1 aromatic carbocycles. The molecular formula is C8H6F3NaO3S. The Morgan fingerprint density at radius 2 is 1.56 bits per heavy atom. The molecule has 84 valence electrons. The second-order valence-electron chi connectivity index (χ2n) is 2.14. The molecule has 0 amide bonds. The standard InChI is InChI=1S/C6H6O3S.C2F3.Na/c7-10(8,9)6-4-2-1-3-5-6;3-1-2(4)5;/h1-5H,(H,7,8,9);;/q;-1;+1. The van der Waals surface area contributed by atoms with Crippen molar-refractivity contribution in [1.29, 1.82) is 0 Å². The van der Waals surface area contributed by atoms with Crippen LogP contribution in [0.25, 0.3) is 0 Å². The van der Waals surface area contributed by atoms with E-state index in [1.54, 1.807) is 18.2 Å². The molecule has 1 aromatic rings. The molecule has 0 aliphatic carbocycles. The van der Waals surface area contributed by atoms with E-state index in [0.717, 1.165) is 0 Å². The largest absolute Gasteiger partial charge is 1.00 e. The summed E-state index contributed by atoms with van der Waals surface area (Å²) in [5, 5.41) is 0. The molecule has 0 spiro atoms. The van der Waals surface area contributed by atoms with Gasteiger partial charge >= 0.3 is 29.6 Å². The third-order valence-corrected chi connectivity index (χ3v) is 1.98. The summed E-state index contributed by atoms with van der Waals surface area (Å²) in [4.78, 5) is -0.0741. The zero-order chi connectivity index (χ0) is 11.9. The van der Waals surface area contributed by atoms with Gasteiger partial charge in [-0.15, -0.1) is 0 Å². The first-order valence-corrected chi connectivity index (χ1v) is 4.89. The molecule has 0 aromatic heterocycles. The number of benzene rings is 1. The summed E-state index contributed by atoms with van der Waals surface area (Å²) in [6, 6.07) is 7.42. The van der Waals surface area contributed by atoms with Crippen molar-refractivity contribution >= 4 is 10.1 Å². The van der Waals surface area contributed by atoms with Gasteiger partial charge < -0.3 is 4.39 Å². The van der Waals surface area contributed by atoms with Crippen LogP contribution in [0.1, 0.15) is 0 Å². The van der Waals surface area contributed by atoms with Crippen LogP contribution < -0.4 is 29.6 Å². The van der Waals surface area contributed by atoms with Crippen molar-refractivity contribution in [1.82, 2.24) is 0 Å². The van der Waals surface area contributed by atoms with E-state index in [1.165, 1.54) is 12.1 Å². The van der Waals surface area contributed by atoms with Crippen LogP contribution in [0.2, 0.25) is 0 Å². The maximum Gasteiger partial charge on any atom is 1.00 e. The fraction of sp³-hybridized carbons (Fsp3) is 0. The average molecular weight is 262 g/mol. The van der Waals surface area contributed by atoms with E-state index in [9.17, 15) is 21.6 Å². The van der Waals surface area contributed by atoms with Crippen LogP contribution in [-0.4, -0.2) is 13.0 Å². The summed E-state index contributed by atoms with van der Waals surface area (Å²) in [5.74, 6) is 0. The molecule has 1 rings (SSSR count). The van der Waals surface area contributed by atoms with Gasteiger partial charge in [-0.25, -0.2) is 15.1 Å². The van der Waals surface area contributed by atoms with Crippen molar-refractivity contribution in [2.24, 2.45) is 0 Å². The molecule has 0 saturated heterocycles. The predicted octanol–water partition coefficient (Wildman–Crippen LogP) is -0.566. The second-order valence-corrected chi connectivity index (χ2v) is 3.56. The Balaban J connectivity index is 0. The van der Waals surface area contributed by atoms with Gasteiger partial charge in [-0.05, 0) is 12.1 Å². The Bertz CT molecular complexity index is 415. The summed E-state index contributed by atoms with van der Waals surface area (Å²) in [5.41, 5.74) is 0. The normalized spacial score (nSPS) is 9.25. The van der Waals surface area contributed by atoms with Crippen molar-refractivity contribution in [2.75, 3.05) is 0 Å². The maximum absolute atomic E-state index is 10.4. The molecule has 0 saturated carbocycles. The van der Waals surface area contributed by atoms with Crippen LogP contribution in [0.15, 0.2) is 41.3 Å². The number of rotatable bonds is 1. The molecule has 0 aliphatic rings. The summed E-state index contributed by atoms with van der Waals surface area (Å²) in [6.07, 6.45) is -2.30. The summed E-state index contributed by atoms with van der Waals surface area (Å²) >= 11 is 0. The molecule has 0 bridgehead atoms. The SMILES string of the molecule is F[C-]=C(F)F.O=S(=O)(O)c1ccccc1.[Na+]. The number of hydrogen-bond donors (Lipinski definition) is 1. The van der Waals surface area contributed by atoms with Crippen LogP contribution in [0, 0.1) is 6.33 Å². The third kappa shape index (κ3) is 8.93. The van der Waals surface area contributed by atoms with Crippen molar-refractivity contribution < 1.29 is 55.7 Å². The predicted molar refractivity (Wildman–Crippen MR) is 46.3 cm³/mol. The first-order chi connectivity index (χ1) is 6.88. The van der Waals surface area contributed by atoms with Crippen LogP contribution in [-0.2, 0) is 10.1 Å². The van der Waals surface area contributed by atoms with Gasteiger partial charge in [0.15, 0.2) is 0 Å². The Morgan fingerprint density at radius 1 is 1.19 bits per heavy atom. The quantitative estimate of drug-likeness (QED) is 0.419. The van der Waals surface area contributed by atoms with Crippen LogP contribution >= 0.6 is 0 Å². The van der Waals surface area contributed by atoms with E-state index in [0.29, 0.717) is 0 Å². The number of halogens is 3. The fourth-order valence-electron chi connectivity index (χ4n) is 0.592. The van der Waals surface area contributed by atoms with Crippen LogP contribution in [0.4, 0.5) is 13.2 Å².